The van der Waals surface area contributed by atoms with Crippen LogP contribution >= 0.6 is 23.2 Å². The maximum absolute atomic E-state index is 6.20. The van der Waals surface area contributed by atoms with E-state index in [-0.39, 0.29) is 5.29 Å². The van der Waals surface area contributed by atoms with Gasteiger partial charge in [0.1, 0.15) is 0 Å². The average molecular weight is 221 g/mol. The van der Waals surface area contributed by atoms with Crippen LogP contribution in [0.1, 0.15) is 6.42 Å². The van der Waals surface area contributed by atoms with Crippen LogP contribution in [0.4, 0.5) is 0 Å². The van der Waals surface area contributed by atoms with Crippen LogP contribution < -0.4 is 5.32 Å². The van der Waals surface area contributed by atoms with Crippen molar-refractivity contribution in [1.82, 2.24) is 5.32 Å². The second-order valence-corrected chi connectivity index (χ2v) is 3.54. The van der Waals surface area contributed by atoms with Gasteiger partial charge in [0.2, 0.25) is 0 Å². The largest absolute Gasteiger partial charge is 0.496 e. The molecule has 0 aliphatic carbocycles. The van der Waals surface area contributed by atoms with Crippen molar-refractivity contribution in [2.24, 2.45) is 4.99 Å². The predicted molar refractivity (Wildman–Crippen MR) is 54.9 cm³/mol. The highest BCUT2D eigenvalue weighted by Gasteiger charge is 2.35. The van der Waals surface area contributed by atoms with Gasteiger partial charge < -0.3 is 10.1 Å². The van der Waals surface area contributed by atoms with E-state index in [9.17, 15) is 0 Å². The lowest BCUT2D eigenvalue weighted by molar-refractivity contribution is 0.242. The van der Waals surface area contributed by atoms with E-state index in [1.165, 1.54) is 13.3 Å². The van der Waals surface area contributed by atoms with Crippen molar-refractivity contribution in [3.05, 3.63) is 24.6 Å². The molecule has 1 unspecified atom stereocenters. The molecule has 0 bridgehead atoms. The van der Waals surface area contributed by atoms with E-state index < -0.39 is 5.00 Å². The van der Waals surface area contributed by atoms with Crippen LogP contribution in [0, 0.1) is 0 Å². The molecule has 0 saturated carbocycles. The zero-order valence-corrected chi connectivity index (χ0v) is 8.69. The molecule has 72 valence electrons. The van der Waals surface area contributed by atoms with Crippen LogP contribution in [0.3, 0.4) is 0 Å². The van der Waals surface area contributed by atoms with Crippen LogP contribution in [0.2, 0.25) is 0 Å². The van der Waals surface area contributed by atoms with Gasteiger partial charge in [0.05, 0.1) is 13.3 Å². The van der Waals surface area contributed by atoms with E-state index in [1.54, 1.807) is 6.08 Å². The Hall–Kier alpha value is -0.670. The number of hydrogen-bond acceptors (Lipinski definition) is 3. The van der Waals surface area contributed by atoms with Crippen molar-refractivity contribution in [1.29, 1.82) is 0 Å². The first-order chi connectivity index (χ1) is 6.12. The summed E-state index contributed by atoms with van der Waals surface area (Å²) in [6, 6.07) is 0. The minimum Gasteiger partial charge on any atom is -0.496 e. The van der Waals surface area contributed by atoms with Gasteiger partial charge in [-0.15, -0.1) is 6.58 Å². The molecule has 0 fully saturated rings. The SMILES string of the molecule is C=CCC1(Cl)NC(Cl)=NC=C1OC. The lowest BCUT2D eigenvalue weighted by Crippen LogP contribution is -2.45. The molecule has 1 heterocycles. The Morgan fingerprint density at radius 2 is 2.54 bits per heavy atom. The summed E-state index contributed by atoms with van der Waals surface area (Å²) in [6.07, 6.45) is 3.68. The number of hydrogen-bond donors (Lipinski definition) is 1. The minimum absolute atomic E-state index is 0.248. The topological polar surface area (TPSA) is 33.6 Å². The van der Waals surface area contributed by atoms with E-state index in [0.29, 0.717) is 12.2 Å². The molecular weight excluding hydrogens is 211 g/mol. The standard InChI is InChI=1S/C8H10Cl2N2O/c1-3-4-8(10)6(13-2)5-11-7(9)12-8/h3,5H,1,4H2,2H3,(H,11,12). The lowest BCUT2D eigenvalue weighted by atomic mass is 10.1. The highest BCUT2D eigenvalue weighted by atomic mass is 35.5. The van der Waals surface area contributed by atoms with Gasteiger partial charge in [0.25, 0.3) is 0 Å². The molecule has 0 aromatic heterocycles. The molecule has 1 atom stereocenters. The Labute approximate surface area is 87.1 Å². The Morgan fingerprint density at radius 1 is 1.85 bits per heavy atom. The molecule has 3 nitrogen and oxygen atoms in total. The van der Waals surface area contributed by atoms with E-state index in [1.807, 2.05) is 0 Å². The maximum Gasteiger partial charge on any atom is 0.197 e. The first kappa shape index (κ1) is 10.4. The van der Waals surface area contributed by atoms with Crippen molar-refractivity contribution < 1.29 is 4.74 Å². The first-order valence-corrected chi connectivity index (χ1v) is 4.44. The van der Waals surface area contributed by atoms with E-state index in [0.717, 1.165) is 0 Å². The van der Waals surface area contributed by atoms with Crippen molar-refractivity contribution in [2.45, 2.75) is 11.4 Å². The van der Waals surface area contributed by atoms with Crippen LogP contribution in [-0.2, 0) is 4.74 Å². The fourth-order valence-electron chi connectivity index (χ4n) is 1.04. The minimum atomic E-state index is -0.852. The summed E-state index contributed by atoms with van der Waals surface area (Å²) in [7, 11) is 1.53. The van der Waals surface area contributed by atoms with E-state index >= 15 is 0 Å². The molecule has 13 heavy (non-hydrogen) atoms. The number of rotatable bonds is 3. The van der Waals surface area contributed by atoms with E-state index in [4.69, 9.17) is 27.9 Å². The van der Waals surface area contributed by atoms with Gasteiger partial charge in [0.15, 0.2) is 16.1 Å². The molecule has 0 radical (unpaired) electrons. The zero-order valence-electron chi connectivity index (χ0n) is 7.18. The summed E-state index contributed by atoms with van der Waals surface area (Å²) in [5, 5.41) is 3.06. The maximum atomic E-state index is 6.20. The van der Waals surface area contributed by atoms with Crippen molar-refractivity contribution >= 4 is 28.5 Å². The Bertz CT molecular complexity index is 275. The summed E-state index contributed by atoms with van der Waals surface area (Å²) in [4.78, 5) is 2.97. The molecule has 1 aliphatic rings. The number of alkyl halides is 1. The Kier molecular flexibility index (Phi) is 3.22. The van der Waals surface area contributed by atoms with Crippen LogP contribution in [0.25, 0.3) is 0 Å². The average Bonchev–Trinajstić information content (AvgIpc) is 2.04. The van der Waals surface area contributed by atoms with E-state index in [2.05, 4.69) is 16.9 Å². The van der Waals surface area contributed by atoms with Crippen LogP contribution in [0.5, 0.6) is 0 Å². The fraction of sp³-hybridized carbons (Fsp3) is 0.375. The zero-order chi connectivity index (χ0) is 9.90. The molecule has 0 amide bonds. The summed E-state index contributed by atoms with van der Waals surface area (Å²) >= 11 is 11.9. The quantitative estimate of drug-likeness (QED) is 0.450. The summed E-state index contributed by atoms with van der Waals surface area (Å²) < 4.78 is 5.06. The first-order valence-electron chi connectivity index (χ1n) is 3.68. The molecule has 0 spiro atoms. The molecule has 0 aromatic carbocycles. The van der Waals surface area contributed by atoms with Gasteiger partial charge in [-0.1, -0.05) is 17.7 Å². The van der Waals surface area contributed by atoms with Gasteiger partial charge in [-0.05, 0) is 11.6 Å². The van der Waals surface area contributed by atoms with Gasteiger partial charge in [-0.3, -0.25) is 0 Å². The smallest absolute Gasteiger partial charge is 0.197 e. The number of nitrogens with zero attached hydrogens (tertiary/aromatic N) is 1. The predicted octanol–water partition coefficient (Wildman–Crippen LogP) is 2.18. The second-order valence-electron chi connectivity index (χ2n) is 2.54. The van der Waals surface area contributed by atoms with Gasteiger partial charge in [-0.25, -0.2) is 4.99 Å². The number of nitrogens with one attached hydrogen (secondary N) is 1. The monoisotopic (exact) mass is 220 g/mol. The van der Waals surface area contributed by atoms with Gasteiger partial charge in [-0.2, -0.15) is 0 Å². The summed E-state index contributed by atoms with van der Waals surface area (Å²) in [5.74, 6) is 0.526. The van der Waals surface area contributed by atoms with Gasteiger partial charge >= 0.3 is 0 Å². The molecule has 5 heteroatoms. The Balaban J connectivity index is 2.92. The molecule has 1 aliphatic heterocycles. The number of methoxy groups -OCH3 is 1. The molecule has 1 rings (SSSR count). The summed E-state index contributed by atoms with van der Waals surface area (Å²) in [6.45, 7) is 3.60. The fourth-order valence-corrected chi connectivity index (χ4v) is 1.62. The third-order valence-electron chi connectivity index (χ3n) is 1.63. The number of halogens is 2. The number of aliphatic imine (C=N–C) groups is 1. The molecule has 0 saturated heterocycles. The highest BCUT2D eigenvalue weighted by molar-refractivity contribution is 6.65. The van der Waals surface area contributed by atoms with Crippen molar-refractivity contribution in [2.75, 3.05) is 7.11 Å². The lowest BCUT2D eigenvalue weighted by Gasteiger charge is -2.30. The number of ether oxygens (including phenoxy) is 1. The molecule has 0 aromatic rings. The molecular formula is C8H10Cl2N2O. The Morgan fingerprint density at radius 3 is 3.08 bits per heavy atom. The number of amidine groups is 1. The van der Waals surface area contributed by atoms with Crippen molar-refractivity contribution in [3.8, 4) is 0 Å². The second kappa shape index (κ2) is 4.03. The highest BCUT2D eigenvalue weighted by Crippen LogP contribution is 2.29. The summed E-state index contributed by atoms with van der Waals surface area (Å²) in [5.41, 5.74) is 0. The third-order valence-corrected chi connectivity index (χ3v) is 2.26. The van der Waals surface area contributed by atoms with Crippen LogP contribution in [0.15, 0.2) is 29.6 Å². The normalized spacial score (nSPS) is 27.0. The van der Waals surface area contributed by atoms with Crippen LogP contribution in [-0.4, -0.2) is 17.4 Å². The van der Waals surface area contributed by atoms with Gasteiger partial charge in [0, 0.05) is 6.42 Å². The third kappa shape index (κ3) is 2.17. The molecule has 1 N–H and O–H groups in total. The van der Waals surface area contributed by atoms with Crippen molar-refractivity contribution in [3.63, 3.8) is 0 Å².